The highest BCUT2D eigenvalue weighted by atomic mass is 32.2. The zero-order chi connectivity index (χ0) is 12.1. The van der Waals surface area contributed by atoms with Gasteiger partial charge in [0.05, 0.1) is 6.61 Å². The molecule has 88 valence electrons. The molecular formula is C8H16N2O4S. The minimum absolute atomic E-state index is 0.0570. The molecule has 0 aliphatic rings. The average molecular weight is 236 g/mol. The van der Waals surface area contributed by atoms with E-state index in [1.165, 1.54) is 0 Å². The molecule has 0 bridgehead atoms. The van der Waals surface area contributed by atoms with Crippen LogP contribution in [0.15, 0.2) is 10.6 Å². The second-order valence-corrected chi connectivity index (χ2v) is 4.37. The number of esters is 1. The van der Waals surface area contributed by atoms with Gasteiger partial charge in [-0.1, -0.05) is 13.3 Å². The van der Waals surface area contributed by atoms with Crippen molar-refractivity contribution in [1.29, 1.82) is 0 Å². The van der Waals surface area contributed by atoms with Gasteiger partial charge in [-0.3, -0.25) is 0 Å². The third-order valence-corrected chi connectivity index (χ3v) is 2.55. The molecule has 0 amide bonds. The highest BCUT2D eigenvalue weighted by molar-refractivity contribution is 7.94. The molecule has 0 atom stereocenters. The first kappa shape index (κ1) is 13.9. The van der Waals surface area contributed by atoms with Crippen molar-refractivity contribution in [3.05, 3.63) is 10.6 Å². The van der Waals surface area contributed by atoms with Gasteiger partial charge in [0.2, 0.25) is 10.0 Å². The highest BCUT2D eigenvalue weighted by Gasteiger charge is 2.25. The molecule has 0 aromatic carbocycles. The van der Waals surface area contributed by atoms with Crippen LogP contribution >= 0.6 is 0 Å². The fraction of sp³-hybridized carbons (Fsp3) is 0.625. The number of allylic oxidation sites excluding steroid dienone is 1. The largest absolute Gasteiger partial charge is 0.462 e. The number of rotatable bonds is 5. The third-order valence-electron chi connectivity index (χ3n) is 1.56. The summed E-state index contributed by atoms with van der Waals surface area (Å²) in [6.07, 6.45) is 0.898. The number of carbonyl (C=O) groups is 1. The molecule has 0 aliphatic heterocycles. The number of ether oxygens (including phenoxy) is 1. The molecule has 0 saturated carbocycles. The van der Waals surface area contributed by atoms with Crippen molar-refractivity contribution in [2.45, 2.75) is 26.7 Å². The van der Waals surface area contributed by atoms with E-state index in [1.54, 1.807) is 13.8 Å². The molecule has 15 heavy (non-hydrogen) atoms. The highest BCUT2D eigenvalue weighted by Crippen LogP contribution is 2.12. The molecule has 0 radical (unpaired) electrons. The van der Waals surface area contributed by atoms with Crippen LogP contribution in [-0.4, -0.2) is 21.0 Å². The minimum atomic E-state index is -4.13. The van der Waals surface area contributed by atoms with E-state index in [0.29, 0.717) is 6.42 Å². The number of hydrogen-bond donors (Lipinski definition) is 2. The van der Waals surface area contributed by atoms with Crippen LogP contribution in [0.3, 0.4) is 0 Å². The Bertz CT molecular complexity index is 359. The maximum absolute atomic E-state index is 11.3. The van der Waals surface area contributed by atoms with Crippen molar-refractivity contribution >= 4 is 16.0 Å². The maximum atomic E-state index is 11.3. The van der Waals surface area contributed by atoms with Crippen LogP contribution in [0, 0.1) is 0 Å². The molecule has 0 heterocycles. The summed E-state index contributed by atoms with van der Waals surface area (Å²) in [6, 6.07) is 0. The van der Waals surface area contributed by atoms with E-state index < -0.39 is 20.9 Å². The van der Waals surface area contributed by atoms with Crippen molar-refractivity contribution in [3.63, 3.8) is 0 Å². The van der Waals surface area contributed by atoms with E-state index in [2.05, 4.69) is 4.74 Å². The van der Waals surface area contributed by atoms with Crippen molar-refractivity contribution in [2.75, 3.05) is 6.61 Å². The molecule has 0 spiro atoms. The lowest BCUT2D eigenvalue weighted by molar-refractivity contribution is -0.137. The topological polar surface area (TPSA) is 112 Å². The SMILES string of the molecule is CCC/C(N)=C(/C(=O)OCC)S(N)(=O)=O. The Morgan fingerprint density at radius 2 is 1.87 bits per heavy atom. The second-order valence-electron chi connectivity index (χ2n) is 2.87. The Hall–Kier alpha value is -1.08. The van der Waals surface area contributed by atoms with Gasteiger partial charge in [0.1, 0.15) is 0 Å². The predicted molar refractivity (Wildman–Crippen MR) is 55.9 cm³/mol. The van der Waals surface area contributed by atoms with Gasteiger partial charge < -0.3 is 10.5 Å². The number of primary sulfonamides is 1. The average Bonchev–Trinajstić information content (AvgIpc) is 2.01. The molecule has 0 saturated heterocycles. The fourth-order valence-corrected chi connectivity index (χ4v) is 1.77. The molecule has 4 N–H and O–H groups in total. The fourth-order valence-electron chi connectivity index (χ4n) is 1.01. The normalized spacial score (nSPS) is 13.3. The van der Waals surface area contributed by atoms with Gasteiger partial charge >= 0.3 is 5.97 Å². The molecule has 0 aliphatic carbocycles. The zero-order valence-electron chi connectivity index (χ0n) is 8.82. The van der Waals surface area contributed by atoms with Crippen molar-refractivity contribution in [2.24, 2.45) is 10.9 Å². The minimum Gasteiger partial charge on any atom is -0.462 e. The van der Waals surface area contributed by atoms with Crippen LogP contribution < -0.4 is 10.9 Å². The van der Waals surface area contributed by atoms with Crippen molar-refractivity contribution in [3.8, 4) is 0 Å². The standard InChI is InChI=1S/C8H16N2O4S/c1-3-5-6(9)7(15(10,12)13)8(11)14-4-2/h3-5,9H2,1-2H3,(H2,10,12,13)/b7-6+. The summed E-state index contributed by atoms with van der Waals surface area (Å²) in [5, 5.41) is 4.88. The van der Waals surface area contributed by atoms with E-state index in [9.17, 15) is 13.2 Å². The van der Waals surface area contributed by atoms with E-state index in [4.69, 9.17) is 10.9 Å². The molecule has 0 fully saturated rings. The molecule has 0 unspecified atom stereocenters. The van der Waals surface area contributed by atoms with E-state index in [-0.39, 0.29) is 18.7 Å². The first-order valence-electron chi connectivity index (χ1n) is 4.53. The van der Waals surface area contributed by atoms with Gasteiger partial charge in [0.15, 0.2) is 4.91 Å². The number of carbonyl (C=O) groups excluding carboxylic acids is 1. The Kier molecular flexibility index (Phi) is 5.31. The maximum Gasteiger partial charge on any atom is 0.352 e. The lowest BCUT2D eigenvalue weighted by Crippen LogP contribution is -2.26. The van der Waals surface area contributed by atoms with Crippen molar-refractivity contribution < 1.29 is 17.9 Å². The Morgan fingerprint density at radius 3 is 2.20 bits per heavy atom. The number of sulfonamides is 1. The Morgan fingerprint density at radius 1 is 1.33 bits per heavy atom. The van der Waals surface area contributed by atoms with Crippen LogP contribution in [0.2, 0.25) is 0 Å². The van der Waals surface area contributed by atoms with Crippen LogP contribution in [0.1, 0.15) is 26.7 Å². The molecule has 0 aromatic rings. The van der Waals surface area contributed by atoms with Crippen LogP contribution in [0.4, 0.5) is 0 Å². The van der Waals surface area contributed by atoms with E-state index in [0.717, 1.165) is 0 Å². The summed E-state index contributed by atoms with van der Waals surface area (Å²) < 4.78 is 26.8. The lowest BCUT2D eigenvalue weighted by atomic mass is 10.2. The quantitative estimate of drug-likeness (QED) is 0.507. The first-order valence-corrected chi connectivity index (χ1v) is 6.07. The number of nitrogens with two attached hydrogens (primary N) is 2. The van der Waals surface area contributed by atoms with E-state index in [1.807, 2.05) is 0 Å². The van der Waals surface area contributed by atoms with Crippen LogP contribution in [0.25, 0.3) is 0 Å². The Labute approximate surface area is 89.3 Å². The third kappa shape index (κ3) is 4.30. The monoisotopic (exact) mass is 236 g/mol. The molecular weight excluding hydrogens is 220 g/mol. The summed E-state index contributed by atoms with van der Waals surface area (Å²) in [4.78, 5) is 10.7. The lowest BCUT2D eigenvalue weighted by Gasteiger charge is -2.08. The van der Waals surface area contributed by atoms with Crippen LogP contribution in [-0.2, 0) is 19.6 Å². The van der Waals surface area contributed by atoms with Gasteiger partial charge in [-0.05, 0) is 13.3 Å². The Balaban J connectivity index is 5.25. The van der Waals surface area contributed by atoms with E-state index >= 15 is 0 Å². The summed E-state index contributed by atoms with van der Waals surface area (Å²) in [5.74, 6) is -0.994. The summed E-state index contributed by atoms with van der Waals surface area (Å²) in [5.41, 5.74) is 5.41. The van der Waals surface area contributed by atoms with Crippen molar-refractivity contribution in [1.82, 2.24) is 0 Å². The summed E-state index contributed by atoms with van der Waals surface area (Å²) in [6.45, 7) is 3.44. The zero-order valence-corrected chi connectivity index (χ0v) is 9.63. The van der Waals surface area contributed by atoms with Gasteiger partial charge in [0.25, 0.3) is 0 Å². The summed E-state index contributed by atoms with van der Waals surface area (Å²) >= 11 is 0. The molecule has 6 nitrogen and oxygen atoms in total. The van der Waals surface area contributed by atoms with Gasteiger partial charge in [-0.15, -0.1) is 0 Å². The van der Waals surface area contributed by atoms with Gasteiger partial charge in [-0.25, -0.2) is 18.4 Å². The summed E-state index contributed by atoms with van der Waals surface area (Å²) in [7, 11) is -4.13. The van der Waals surface area contributed by atoms with Gasteiger partial charge in [-0.2, -0.15) is 0 Å². The smallest absolute Gasteiger partial charge is 0.352 e. The first-order chi connectivity index (χ1) is 6.84. The molecule has 7 heteroatoms. The molecule has 0 rings (SSSR count). The molecule has 0 aromatic heterocycles. The van der Waals surface area contributed by atoms with Gasteiger partial charge in [0, 0.05) is 5.70 Å². The predicted octanol–water partition coefficient (Wildman–Crippen LogP) is -0.192. The number of hydrogen-bond acceptors (Lipinski definition) is 5. The second kappa shape index (κ2) is 5.72. The van der Waals surface area contributed by atoms with Crippen LogP contribution in [0.5, 0.6) is 0 Å².